The SMILES string of the molecule is CCOCCCN=C(N)NCCSc1ccc(F)cc1.I. The highest BCUT2D eigenvalue weighted by molar-refractivity contribution is 14.0. The number of nitrogens with zero attached hydrogens (tertiary/aromatic N) is 1. The fraction of sp³-hybridized carbons (Fsp3) is 0.500. The maximum atomic E-state index is 12.7. The van der Waals surface area contributed by atoms with Gasteiger partial charge in [-0.25, -0.2) is 4.39 Å². The fourth-order valence-electron chi connectivity index (χ4n) is 1.45. The molecule has 120 valence electrons. The van der Waals surface area contributed by atoms with Gasteiger partial charge in [0.1, 0.15) is 5.82 Å². The Morgan fingerprint density at radius 2 is 2.10 bits per heavy atom. The van der Waals surface area contributed by atoms with Crippen molar-refractivity contribution < 1.29 is 9.13 Å². The molecule has 3 N–H and O–H groups in total. The minimum Gasteiger partial charge on any atom is -0.382 e. The Kier molecular flexibility index (Phi) is 12.8. The highest BCUT2D eigenvalue weighted by Crippen LogP contribution is 2.16. The molecule has 0 aromatic heterocycles. The van der Waals surface area contributed by atoms with Crippen LogP contribution in [0, 0.1) is 5.82 Å². The molecule has 0 radical (unpaired) electrons. The molecule has 0 saturated heterocycles. The molecule has 0 amide bonds. The lowest BCUT2D eigenvalue weighted by atomic mass is 10.4. The number of halogens is 2. The number of thioether (sulfide) groups is 1. The number of guanidine groups is 1. The molecule has 0 fully saturated rings. The van der Waals surface area contributed by atoms with Crippen molar-refractivity contribution in [3.8, 4) is 0 Å². The van der Waals surface area contributed by atoms with Gasteiger partial charge in [0.15, 0.2) is 5.96 Å². The zero-order chi connectivity index (χ0) is 14.6. The van der Waals surface area contributed by atoms with Crippen molar-refractivity contribution in [3.05, 3.63) is 30.1 Å². The van der Waals surface area contributed by atoms with Gasteiger partial charge in [-0.3, -0.25) is 4.99 Å². The van der Waals surface area contributed by atoms with Crippen LogP contribution in [-0.4, -0.2) is 38.0 Å². The number of hydrogen-bond acceptors (Lipinski definition) is 3. The summed E-state index contributed by atoms with van der Waals surface area (Å²) < 4.78 is 17.9. The first-order valence-corrected chi connectivity index (χ1v) is 7.71. The van der Waals surface area contributed by atoms with Gasteiger partial charge in [0.05, 0.1) is 0 Å². The van der Waals surface area contributed by atoms with Gasteiger partial charge < -0.3 is 15.8 Å². The van der Waals surface area contributed by atoms with E-state index in [2.05, 4.69) is 10.3 Å². The monoisotopic (exact) mass is 427 g/mol. The second-order valence-electron chi connectivity index (χ2n) is 4.05. The highest BCUT2D eigenvalue weighted by Gasteiger charge is 1.96. The molecule has 0 saturated carbocycles. The summed E-state index contributed by atoms with van der Waals surface area (Å²) >= 11 is 1.65. The molecule has 21 heavy (non-hydrogen) atoms. The standard InChI is InChI=1S/C14H22FN3OS.HI/c1-2-19-10-3-8-17-14(16)18-9-11-20-13-6-4-12(15)5-7-13;/h4-7H,2-3,8-11H2,1H3,(H3,16,17,18);1H. The Morgan fingerprint density at radius 3 is 2.76 bits per heavy atom. The van der Waals surface area contributed by atoms with Gasteiger partial charge in [-0.15, -0.1) is 35.7 Å². The predicted molar refractivity (Wildman–Crippen MR) is 98.1 cm³/mol. The first kappa shape index (κ1) is 20.5. The van der Waals surface area contributed by atoms with E-state index >= 15 is 0 Å². The first-order valence-electron chi connectivity index (χ1n) is 6.72. The number of nitrogens with one attached hydrogen (secondary N) is 1. The smallest absolute Gasteiger partial charge is 0.188 e. The summed E-state index contributed by atoms with van der Waals surface area (Å²) in [5.41, 5.74) is 5.73. The van der Waals surface area contributed by atoms with Crippen LogP contribution in [0.3, 0.4) is 0 Å². The summed E-state index contributed by atoms with van der Waals surface area (Å²) in [6, 6.07) is 6.46. The third-order valence-corrected chi connectivity index (χ3v) is 3.44. The van der Waals surface area contributed by atoms with Crippen molar-refractivity contribution in [3.63, 3.8) is 0 Å². The van der Waals surface area contributed by atoms with Gasteiger partial charge in [0, 0.05) is 37.0 Å². The van der Waals surface area contributed by atoms with Crippen LogP contribution < -0.4 is 11.1 Å². The van der Waals surface area contributed by atoms with Crippen molar-refractivity contribution in [1.82, 2.24) is 5.32 Å². The Morgan fingerprint density at radius 1 is 1.38 bits per heavy atom. The van der Waals surface area contributed by atoms with E-state index in [9.17, 15) is 4.39 Å². The second-order valence-corrected chi connectivity index (χ2v) is 5.21. The zero-order valence-corrected chi connectivity index (χ0v) is 15.3. The average Bonchev–Trinajstić information content (AvgIpc) is 2.45. The van der Waals surface area contributed by atoms with Crippen molar-refractivity contribution in [2.45, 2.75) is 18.2 Å². The van der Waals surface area contributed by atoms with Crippen molar-refractivity contribution >= 4 is 41.7 Å². The van der Waals surface area contributed by atoms with Crippen LogP contribution in [0.25, 0.3) is 0 Å². The molecule has 0 unspecified atom stereocenters. The van der Waals surface area contributed by atoms with Crippen molar-refractivity contribution in [1.29, 1.82) is 0 Å². The van der Waals surface area contributed by atoms with Gasteiger partial charge in [-0.2, -0.15) is 0 Å². The third-order valence-electron chi connectivity index (χ3n) is 2.42. The molecule has 7 heteroatoms. The van der Waals surface area contributed by atoms with Crippen LogP contribution in [0.1, 0.15) is 13.3 Å². The number of benzene rings is 1. The second kappa shape index (κ2) is 13.1. The zero-order valence-electron chi connectivity index (χ0n) is 12.2. The molecule has 0 bridgehead atoms. The van der Waals surface area contributed by atoms with Gasteiger partial charge in [-0.05, 0) is 37.6 Å². The average molecular weight is 427 g/mol. The maximum Gasteiger partial charge on any atom is 0.188 e. The van der Waals surface area contributed by atoms with Gasteiger partial charge in [-0.1, -0.05) is 0 Å². The van der Waals surface area contributed by atoms with Gasteiger partial charge in [0.2, 0.25) is 0 Å². The quantitative estimate of drug-likeness (QED) is 0.209. The summed E-state index contributed by atoms with van der Waals surface area (Å²) in [5, 5.41) is 3.05. The largest absolute Gasteiger partial charge is 0.382 e. The predicted octanol–water partition coefficient (Wildman–Crippen LogP) is 2.87. The van der Waals surface area contributed by atoms with Crippen LogP contribution >= 0.6 is 35.7 Å². The Balaban J connectivity index is 0.00000400. The lowest BCUT2D eigenvalue weighted by molar-refractivity contribution is 0.146. The lowest BCUT2D eigenvalue weighted by Gasteiger charge is -2.06. The molecule has 0 spiro atoms. The van der Waals surface area contributed by atoms with Crippen LogP contribution in [0.2, 0.25) is 0 Å². The minimum absolute atomic E-state index is 0. The van der Waals surface area contributed by atoms with E-state index in [-0.39, 0.29) is 29.8 Å². The van der Waals surface area contributed by atoms with E-state index in [1.54, 1.807) is 23.9 Å². The number of rotatable bonds is 9. The van der Waals surface area contributed by atoms with Crippen molar-refractivity contribution in [2.24, 2.45) is 10.7 Å². The van der Waals surface area contributed by atoms with Gasteiger partial charge in [0.25, 0.3) is 0 Å². The molecule has 4 nitrogen and oxygen atoms in total. The Hall–Kier alpha value is -0.540. The van der Waals surface area contributed by atoms with E-state index in [1.807, 2.05) is 6.92 Å². The van der Waals surface area contributed by atoms with Crippen LogP contribution in [-0.2, 0) is 4.74 Å². The normalized spacial score (nSPS) is 11.0. The topological polar surface area (TPSA) is 59.6 Å². The number of nitrogens with two attached hydrogens (primary N) is 1. The summed E-state index contributed by atoms with van der Waals surface area (Å²) in [6.45, 7) is 4.82. The number of hydrogen-bond donors (Lipinski definition) is 2. The Labute approximate surface area is 147 Å². The molecular weight excluding hydrogens is 404 g/mol. The van der Waals surface area contributed by atoms with E-state index in [0.29, 0.717) is 19.1 Å². The third kappa shape index (κ3) is 10.8. The van der Waals surface area contributed by atoms with Crippen LogP contribution in [0.4, 0.5) is 4.39 Å². The van der Waals surface area contributed by atoms with Crippen molar-refractivity contribution in [2.75, 3.05) is 32.1 Å². The number of aliphatic imine (C=N–C) groups is 1. The molecular formula is C14H23FIN3OS. The summed E-state index contributed by atoms with van der Waals surface area (Å²) in [7, 11) is 0. The van der Waals surface area contributed by atoms with E-state index in [0.717, 1.165) is 30.2 Å². The number of ether oxygens (including phenoxy) is 1. The minimum atomic E-state index is -0.212. The summed E-state index contributed by atoms with van der Waals surface area (Å²) in [6.07, 6.45) is 0.876. The van der Waals surface area contributed by atoms with Crippen LogP contribution in [0.5, 0.6) is 0 Å². The molecule has 0 atom stereocenters. The Bertz CT molecular complexity index is 404. The molecule has 0 aliphatic carbocycles. The van der Waals surface area contributed by atoms with Crippen LogP contribution in [0.15, 0.2) is 34.2 Å². The van der Waals surface area contributed by atoms with E-state index in [1.165, 1.54) is 12.1 Å². The molecule has 1 rings (SSSR count). The fourth-order valence-corrected chi connectivity index (χ4v) is 2.21. The lowest BCUT2D eigenvalue weighted by Crippen LogP contribution is -2.33. The molecule has 0 aliphatic heterocycles. The summed E-state index contributed by atoms with van der Waals surface area (Å²) in [4.78, 5) is 5.24. The van der Waals surface area contributed by atoms with E-state index < -0.39 is 0 Å². The van der Waals surface area contributed by atoms with E-state index in [4.69, 9.17) is 10.5 Å². The van der Waals surface area contributed by atoms with Gasteiger partial charge >= 0.3 is 0 Å². The molecule has 1 aromatic rings. The molecule has 1 aromatic carbocycles. The highest BCUT2D eigenvalue weighted by atomic mass is 127. The molecule has 0 heterocycles. The maximum absolute atomic E-state index is 12.7. The first-order chi connectivity index (χ1) is 9.72. The summed E-state index contributed by atoms with van der Waals surface area (Å²) in [5.74, 6) is 1.10. The molecule has 0 aliphatic rings.